The van der Waals surface area contributed by atoms with Crippen molar-refractivity contribution in [1.29, 1.82) is 0 Å². The highest BCUT2D eigenvalue weighted by Crippen LogP contribution is 2.22. The number of carbonyl (C=O) groups excluding carboxylic acids is 2. The van der Waals surface area contributed by atoms with Gasteiger partial charge in [0.05, 0.1) is 17.1 Å². The molecule has 3 N–H and O–H groups in total. The predicted molar refractivity (Wildman–Crippen MR) is 163 cm³/mol. The van der Waals surface area contributed by atoms with Gasteiger partial charge in [0.25, 0.3) is 0 Å². The van der Waals surface area contributed by atoms with Crippen molar-refractivity contribution in [2.24, 2.45) is 15.2 Å². The molecule has 6 rings (SSSR count). The maximum atomic E-state index is 12.4. The Labute approximate surface area is 235 Å². The fourth-order valence-corrected chi connectivity index (χ4v) is 4.43. The quantitative estimate of drug-likeness (QED) is 0.155. The van der Waals surface area contributed by atoms with Gasteiger partial charge < -0.3 is 5.11 Å². The molecule has 0 atom stereocenters. The second-order valence-electron chi connectivity index (χ2n) is 9.27. The molecule has 41 heavy (non-hydrogen) atoms. The summed E-state index contributed by atoms with van der Waals surface area (Å²) in [5.41, 5.74) is 12.3. The predicted octanol–water partition coefficient (Wildman–Crippen LogP) is 6.15. The lowest BCUT2D eigenvalue weighted by Crippen LogP contribution is -2.19. The van der Waals surface area contributed by atoms with E-state index in [0.717, 1.165) is 22.3 Å². The van der Waals surface area contributed by atoms with Crippen molar-refractivity contribution in [3.05, 3.63) is 137 Å². The number of nitrogens with zero attached hydrogens (tertiary/aromatic N) is 3. The standard InChI is InChI=1S/C33H23N5O3/c39-29-19-11-21-5-1-3-7-27(21)31(29)37-35-25-13-9-23(10-14-25)33(41)34-24-15-17-26(18-16-24)36-38-32-28-8-4-2-6-22(28)12-20-30(32)40/h1-20,35-36H,(H,34,41)/b37-31-,38-32-. The van der Waals surface area contributed by atoms with E-state index in [1.165, 1.54) is 12.2 Å². The van der Waals surface area contributed by atoms with Crippen LogP contribution in [0.1, 0.15) is 27.8 Å². The summed E-state index contributed by atoms with van der Waals surface area (Å²) in [6, 6.07) is 29.0. The average molecular weight is 538 g/mol. The summed E-state index contributed by atoms with van der Waals surface area (Å²) in [5.74, 6) is -0.487. The fraction of sp³-hybridized carbons (Fsp3) is 0. The van der Waals surface area contributed by atoms with E-state index >= 15 is 0 Å². The highest BCUT2D eigenvalue weighted by Gasteiger charge is 2.19. The van der Waals surface area contributed by atoms with Gasteiger partial charge in [-0.3, -0.25) is 20.4 Å². The molecule has 0 radical (unpaired) electrons. The highest BCUT2D eigenvalue weighted by atomic mass is 16.3. The number of hydrogen-bond acceptors (Lipinski definition) is 7. The Kier molecular flexibility index (Phi) is 6.86. The minimum atomic E-state index is -0.170. The zero-order valence-corrected chi connectivity index (χ0v) is 21.7. The number of carbonyl (C=O) groups is 2. The van der Waals surface area contributed by atoms with Crippen LogP contribution in [0.15, 0.2) is 124 Å². The third kappa shape index (κ3) is 5.48. The summed E-state index contributed by atoms with van der Waals surface area (Å²) in [7, 11) is 0. The number of benzene rings is 4. The van der Waals surface area contributed by atoms with Gasteiger partial charge in [0, 0.05) is 16.7 Å². The molecule has 0 saturated heterocycles. The van der Waals surface area contributed by atoms with Crippen LogP contribution in [0, 0.1) is 0 Å². The molecule has 2 aliphatic rings. The zero-order valence-electron chi connectivity index (χ0n) is 21.7. The molecule has 198 valence electrons. The van der Waals surface area contributed by atoms with Gasteiger partial charge in [-0.1, -0.05) is 60.7 Å². The molecule has 4 aromatic rings. The molecule has 0 bridgehead atoms. The van der Waals surface area contributed by atoms with E-state index in [9.17, 15) is 14.7 Å². The Hall–Kier alpha value is -5.89. The molecule has 0 heterocycles. The number of aliphatic imine (C=N–C) groups is 1. The number of ketones is 2. The summed E-state index contributed by atoms with van der Waals surface area (Å²) in [4.78, 5) is 29.0. The van der Waals surface area contributed by atoms with Crippen molar-refractivity contribution >= 4 is 58.1 Å². The minimum Gasteiger partial charge on any atom is -0.493 e. The first-order valence-corrected chi connectivity index (χ1v) is 12.8. The lowest BCUT2D eigenvalue weighted by atomic mass is 9.95. The number of anilines is 2. The van der Waals surface area contributed by atoms with Crippen LogP contribution in [0.5, 0.6) is 0 Å². The first-order valence-electron chi connectivity index (χ1n) is 12.8. The van der Waals surface area contributed by atoms with Gasteiger partial charge in [-0.15, -0.1) is 0 Å². The van der Waals surface area contributed by atoms with Gasteiger partial charge >= 0.3 is 0 Å². The Bertz CT molecular complexity index is 1810. The third-order valence-corrected chi connectivity index (χ3v) is 6.57. The highest BCUT2D eigenvalue weighted by molar-refractivity contribution is 6.52. The first-order chi connectivity index (χ1) is 20.0. The van der Waals surface area contributed by atoms with Crippen molar-refractivity contribution in [2.75, 3.05) is 10.9 Å². The molecular weight excluding hydrogens is 514 g/mol. The number of aliphatic hydroxyl groups excluding tert-OH is 1. The number of rotatable bonds is 6. The molecule has 8 nitrogen and oxygen atoms in total. The summed E-state index contributed by atoms with van der Waals surface area (Å²) >= 11 is 0. The van der Waals surface area contributed by atoms with E-state index in [0.29, 0.717) is 34.0 Å². The Morgan fingerprint density at radius 1 is 0.561 bits per heavy atom. The van der Waals surface area contributed by atoms with Gasteiger partial charge in [0.1, 0.15) is 11.4 Å². The van der Waals surface area contributed by atoms with E-state index in [1.54, 1.807) is 60.7 Å². The summed E-state index contributed by atoms with van der Waals surface area (Å²) in [6.45, 7) is 0. The molecule has 4 aromatic carbocycles. The van der Waals surface area contributed by atoms with E-state index in [1.807, 2.05) is 48.5 Å². The van der Waals surface area contributed by atoms with Crippen LogP contribution >= 0.6 is 0 Å². The molecule has 0 unspecified atom stereocenters. The largest absolute Gasteiger partial charge is 0.493 e. The number of nitrogens with one attached hydrogen (secondary N) is 2. The normalized spacial score (nSPS) is 16.0. The molecule has 2 aliphatic carbocycles. The molecule has 8 heteroatoms. The topological polar surface area (TPSA) is 116 Å². The maximum Gasteiger partial charge on any atom is 0.218 e. The Morgan fingerprint density at radius 2 is 1.02 bits per heavy atom. The monoisotopic (exact) mass is 537 g/mol. The second-order valence-corrected chi connectivity index (χ2v) is 9.27. The number of fused-ring (bicyclic) bond motifs is 2. The fourth-order valence-electron chi connectivity index (χ4n) is 4.43. The van der Waals surface area contributed by atoms with Crippen LogP contribution in [0.2, 0.25) is 0 Å². The van der Waals surface area contributed by atoms with Gasteiger partial charge in [-0.25, -0.2) is 4.99 Å². The van der Waals surface area contributed by atoms with Crippen molar-refractivity contribution in [3.8, 4) is 0 Å². The Balaban J connectivity index is 1.11. The van der Waals surface area contributed by atoms with Gasteiger partial charge in [-0.2, -0.15) is 10.2 Å². The molecule has 0 amide bonds. The van der Waals surface area contributed by atoms with Crippen LogP contribution in [-0.2, 0) is 9.59 Å². The van der Waals surface area contributed by atoms with E-state index in [-0.39, 0.29) is 17.5 Å². The van der Waals surface area contributed by atoms with Crippen LogP contribution in [0.25, 0.3) is 12.2 Å². The van der Waals surface area contributed by atoms with E-state index in [2.05, 4.69) is 26.0 Å². The van der Waals surface area contributed by atoms with Gasteiger partial charge in [-0.05, 0) is 71.8 Å². The number of aliphatic hydroxyl groups is 1. The van der Waals surface area contributed by atoms with Crippen LogP contribution < -0.4 is 10.9 Å². The second kappa shape index (κ2) is 11.1. The maximum absolute atomic E-state index is 12.4. The van der Waals surface area contributed by atoms with Crippen LogP contribution in [-0.4, -0.2) is 34.0 Å². The number of hydrogen-bond donors (Lipinski definition) is 3. The van der Waals surface area contributed by atoms with Crippen molar-refractivity contribution in [3.63, 3.8) is 0 Å². The molecule has 0 fully saturated rings. The molecular formula is C33H23N5O3. The smallest absolute Gasteiger partial charge is 0.218 e. The minimum absolute atomic E-state index is 0.151. The number of hydrazone groups is 2. The summed E-state index contributed by atoms with van der Waals surface area (Å²) in [6.07, 6.45) is 6.58. The van der Waals surface area contributed by atoms with Crippen LogP contribution in [0.3, 0.4) is 0 Å². The Morgan fingerprint density at radius 3 is 1.54 bits per heavy atom. The van der Waals surface area contributed by atoms with Crippen molar-refractivity contribution < 1.29 is 14.7 Å². The third-order valence-electron chi connectivity index (χ3n) is 6.57. The van der Waals surface area contributed by atoms with Crippen molar-refractivity contribution in [2.45, 2.75) is 0 Å². The van der Waals surface area contributed by atoms with Gasteiger partial charge in [0.2, 0.25) is 17.5 Å². The SMILES string of the molecule is O=C1C=Cc2ccccc2/C1=N/Nc1ccc(N=C(O)c2ccc(N/N=C3\C(=O)C=Cc4ccccc43)cc2)cc1. The first kappa shape index (κ1) is 25.4. The zero-order chi connectivity index (χ0) is 28.2. The molecule has 0 saturated carbocycles. The summed E-state index contributed by atoms with van der Waals surface area (Å²) in [5, 5.41) is 19.2. The lowest BCUT2D eigenvalue weighted by molar-refractivity contribution is -0.109. The van der Waals surface area contributed by atoms with E-state index in [4.69, 9.17) is 0 Å². The molecule has 0 aromatic heterocycles. The van der Waals surface area contributed by atoms with E-state index < -0.39 is 0 Å². The molecule has 0 spiro atoms. The number of allylic oxidation sites excluding steroid dienone is 2. The average Bonchev–Trinajstić information content (AvgIpc) is 3.01. The molecule has 0 aliphatic heterocycles. The lowest BCUT2D eigenvalue weighted by Gasteiger charge is -2.12. The van der Waals surface area contributed by atoms with Gasteiger partial charge in [0.15, 0.2) is 0 Å². The van der Waals surface area contributed by atoms with Crippen LogP contribution in [0.4, 0.5) is 17.1 Å². The summed E-state index contributed by atoms with van der Waals surface area (Å²) < 4.78 is 0. The van der Waals surface area contributed by atoms with Crippen molar-refractivity contribution in [1.82, 2.24) is 0 Å².